The predicted octanol–water partition coefficient (Wildman–Crippen LogP) is 2.79. The zero-order valence-electron chi connectivity index (χ0n) is 9.02. The molecule has 0 fully saturated rings. The average Bonchev–Trinajstić information content (AvgIpc) is 2.63. The second kappa shape index (κ2) is 4.99. The Morgan fingerprint density at radius 2 is 2.40 bits per heavy atom. The Labute approximate surface area is 99.6 Å². The quantitative estimate of drug-likeness (QED) is 0.821. The molecule has 1 aromatic rings. The van der Waals surface area contributed by atoms with Gasteiger partial charge < -0.3 is 10.6 Å². The fourth-order valence-corrected chi connectivity index (χ4v) is 2.65. The van der Waals surface area contributed by atoms with E-state index in [1.807, 2.05) is 7.05 Å². The van der Waals surface area contributed by atoms with Gasteiger partial charge in [0, 0.05) is 16.2 Å². The molecule has 2 rings (SSSR count). The van der Waals surface area contributed by atoms with E-state index >= 15 is 0 Å². The molecule has 1 atom stereocenters. The Balaban J connectivity index is 1.94. The Morgan fingerprint density at radius 3 is 3.13 bits per heavy atom. The third-order valence-electron chi connectivity index (χ3n) is 2.91. The van der Waals surface area contributed by atoms with E-state index in [1.165, 1.54) is 28.6 Å². The minimum atomic E-state index is 0.618. The van der Waals surface area contributed by atoms with Crippen molar-refractivity contribution < 1.29 is 0 Å². The van der Waals surface area contributed by atoms with Gasteiger partial charge in [-0.25, -0.2) is 0 Å². The lowest BCUT2D eigenvalue weighted by molar-refractivity contribution is 0.607. The summed E-state index contributed by atoms with van der Waals surface area (Å²) in [6.45, 7) is 1.11. The lowest BCUT2D eigenvalue weighted by Crippen LogP contribution is -2.18. The van der Waals surface area contributed by atoms with Crippen LogP contribution >= 0.6 is 15.9 Å². The summed E-state index contributed by atoms with van der Waals surface area (Å²) in [5.41, 5.74) is 2.74. The van der Waals surface area contributed by atoms with Crippen molar-refractivity contribution in [1.29, 1.82) is 0 Å². The second-order valence-corrected chi connectivity index (χ2v) is 4.91. The Morgan fingerprint density at radius 1 is 1.53 bits per heavy atom. The zero-order chi connectivity index (χ0) is 10.7. The van der Waals surface area contributed by atoms with E-state index in [1.54, 1.807) is 0 Å². The van der Waals surface area contributed by atoms with E-state index in [4.69, 9.17) is 0 Å². The van der Waals surface area contributed by atoms with Crippen molar-refractivity contribution >= 4 is 21.6 Å². The monoisotopic (exact) mass is 268 g/mol. The number of nitrogens with one attached hydrogen (secondary N) is 2. The first-order valence-corrected chi connectivity index (χ1v) is 6.29. The molecular formula is C12H17BrN2. The lowest BCUT2D eigenvalue weighted by Gasteiger charge is -2.10. The van der Waals surface area contributed by atoms with Crippen molar-refractivity contribution in [2.24, 2.45) is 0 Å². The summed E-state index contributed by atoms with van der Waals surface area (Å²) in [6, 6.07) is 6.99. The normalized spacial score (nSPS) is 18.7. The molecule has 15 heavy (non-hydrogen) atoms. The first kappa shape index (κ1) is 11.0. The van der Waals surface area contributed by atoms with Crippen LogP contribution in [-0.2, 0) is 6.42 Å². The summed E-state index contributed by atoms with van der Waals surface area (Å²) < 4.78 is 1.24. The fourth-order valence-electron chi connectivity index (χ4n) is 2.12. The van der Waals surface area contributed by atoms with Gasteiger partial charge in [0.25, 0.3) is 0 Å². The minimum Gasteiger partial charge on any atom is -0.382 e. The van der Waals surface area contributed by atoms with Crippen LogP contribution in [-0.4, -0.2) is 19.6 Å². The van der Waals surface area contributed by atoms with E-state index < -0.39 is 0 Å². The molecule has 0 aliphatic carbocycles. The average molecular weight is 269 g/mol. The second-order valence-electron chi connectivity index (χ2n) is 4.06. The highest BCUT2D eigenvalue weighted by Crippen LogP contribution is 2.33. The van der Waals surface area contributed by atoms with Gasteiger partial charge in [0.15, 0.2) is 0 Å². The van der Waals surface area contributed by atoms with Crippen molar-refractivity contribution in [3.05, 3.63) is 28.2 Å². The molecule has 1 heterocycles. The molecule has 1 aromatic carbocycles. The molecule has 0 saturated heterocycles. The summed E-state index contributed by atoms with van der Waals surface area (Å²) in [4.78, 5) is 0. The number of anilines is 1. The molecular weight excluding hydrogens is 252 g/mol. The molecule has 2 N–H and O–H groups in total. The van der Waals surface area contributed by atoms with Crippen molar-refractivity contribution in [2.75, 3.05) is 18.9 Å². The van der Waals surface area contributed by atoms with Gasteiger partial charge in [0.05, 0.1) is 0 Å². The molecule has 0 bridgehead atoms. The molecule has 0 radical (unpaired) electrons. The molecule has 0 saturated carbocycles. The smallest absolute Gasteiger partial charge is 0.0387 e. The van der Waals surface area contributed by atoms with Crippen LogP contribution in [0.1, 0.15) is 18.4 Å². The van der Waals surface area contributed by atoms with Crippen LogP contribution in [0, 0.1) is 0 Å². The summed E-state index contributed by atoms with van der Waals surface area (Å²) >= 11 is 3.60. The highest BCUT2D eigenvalue weighted by atomic mass is 79.9. The highest BCUT2D eigenvalue weighted by Gasteiger charge is 2.21. The fraction of sp³-hybridized carbons (Fsp3) is 0.500. The maximum Gasteiger partial charge on any atom is 0.0387 e. The van der Waals surface area contributed by atoms with Crippen molar-refractivity contribution in [3.8, 4) is 0 Å². The van der Waals surface area contributed by atoms with Crippen LogP contribution in [0.4, 0.5) is 5.69 Å². The van der Waals surface area contributed by atoms with Crippen LogP contribution in [0.3, 0.4) is 0 Å². The largest absolute Gasteiger partial charge is 0.382 e. The topological polar surface area (TPSA) is 24.1 Å². The third kappa shape index (κ3) is 2.52. The van der Waals surface area contributed by atoms with Gasteiger partial charge in [-0.2, -0.15) is 0 Å². The Kier molecular flexibility index (Phi) is 3.65. The van der Waals surface area contributed by atoms with E-state index in [0.717, 1.165) is 13.0 Å². The van der Waals surface area contributed by atoms with Crippen LogP contribution in [0.5, 0.6) is 0 Å². The van der Waals surface area contributed by atoms with Gasteiger partial charge in [-0.15, -0.1) is 0 Å². The predicted molar refractivity (Wildman–Crippen MR) is 68.4 cm³/mol. The van der Waals surface area contributed by atoms with E-state index in [9.17, 15) is 0 Å². The van der Waals surface area contributed by atoms with Gasteiger partial charge in [-0.1, -0.05) is 22.0 Å². The summed E-state index contributed by atoms with van der Waals surface area (Å²) in [5, 5.41) is 6.76. The molecule has 1 aliphatic heterocycles. The number of rotatable bonds is 4. The molecule has 1 aliphatic rings. The van der Waals surface area contributed by atoms with Crippen molar-refractivity contribution in [1.82, 2.24) is 5.32 Å². The SMILES string of the molecule is CNCCCC1Cc2c(Br)cccc2N1. The number of fused-ring (bicyclic) bond motifs is 1. The van der Waals surface area contributed by atoms with Crippen molar-refractivity contribution in [3.63, 3.8) is 0 Å². The van der Waals surface area contributed by atoms with Gasteiger partial charge in [0.1, 0.15) is 0 Å². The maximum atomic E-state index is 3.60. The van der Waals surface area contributed by atoms with Gasteiger partial charge in [-0.3, -0.25) is 0 Å². The van der Waals surface area contributed by atoms with Crippen LogP contribution < -0.4 is 10.6 Å². The number of halogens is 1. The van der Waals surface area contributed by atoms with E-state index in [2.05, 4.69) is 44.8 Å². The van der Waals surface area contributed by atoms with E-state index in [0.29, 0.717) is 6.04 Å². The molecule has 0 spiro atoms. The summed E-state index contributed by atoms with van der Waals surface area (Å²) in [6.07, 6.45) is 3.63. The first-order valence-electron chi connectivity index (χ1n) is 5.50. The molecule has 82 valence electrons. The molecule has 0 aromatic heterocycles. The van der Waals surface area contributed by atoms with Crippen LogP contribution in [0.25, 0.3) is 0 Å². The molecule has 0 amide bonds. The minimum absolute atomic E-state index is 0.618. The zero-order valence-corrected chi connectivity index (χ0v) is 10.6. The van der Waals surface area contributed by atoms with Gasteiger partial charge >= 0.3 is 0 Å². The standard InChI is InChI=1S/C12H17BrN2/c1-14-7-3-4-9-8-10-11(13)5-2-6-12(10)15-9/h2,5-6,9,14-15H,3-4,7-8H2,1H3. The summed E-state index contributed by atoms with van der Waals surface area (Å²) in [7, 11) is 2.01. The maximum absolute atomic E-state index is 3.60. The third-order valence-corrected chi connectivity index (χ3v) is 3.65. The Hall–Kier alpha value is -0.540. The van der Waals surface area contributed by atoms with E-state index in [-0.39, 0.29) is 0 Å². The highest BCUT2D eigenvalue weighted by molar-refractivity contribution is 9.10. The number of hydrogen-bond donors (Lipinski definition) is 2. The molecule has 3 heteroatoms. The lowest BCUT2D eigenvalue weighted by atomic mass is 10.1. The summed E-state index contributed by atoms with van der Waals surface area (Å²) in [5.74, 6) is 0. The number of benzene rings is 1. The molecule has 2 nitrogen and oxygen atoms in total. The van der Waals surface area contributed by atoms with Crippen LogP contribution in [0.15, 0.2) is 22.7 Å². The number of hydrogen-bond acceptors (Lipinski definition) is 2. The van der Waals surface area contributed by atoms with Crippen molar-refractivity contribution in [2.45, 2.75) is 25.3 Å². The Bertz CT molecular complexity index is 338. The van der Waals surface area contributed by atoms with Crippen LogP contribution in [0.2, 0.25) is 0 Å². The first-order chi connectivity index (χ1) is 7.31. The molecule has 1 unspecified atom stereocenters. The van der Waals surface area contributed by atoms with Gasteiger partial charge in [0.2, 0.25) is 0 Å². The van der Waals surface area contributed by atoms with Gasteiger partial charge in [-0.05, 0) is 50.6 Å².